The minimum atomic E-state index is -0.953. The maximum absolute atomic E-state index is 12.3. The average Bonchev–Trinajstić information content (AvgIpc) is 1.60. The monoisotopic (exact) mass is 1970 g/mol. The smallest absolute Gasteiger partial charge is 0.336 e. The molecule has 0 bridgehead atoms. The number of benzene rings is 15. The predicted molar refractivity (Wildman–Crippen MR) is 587 cm³/mol. The number of rotatable bonds is 16. The van der Waals surface area contributed by atoms with Crippen LogP contribution in [-0.2, 0) is 6.42 Å². The topological polar surface area (TPSA) is 375 Å². The largest absolute Gasteiger partial charge is 0.460 e. The molecule has 24 nitrogen and oxygen atoms in total. The third-order valence-corrected chi connectivity index (χ3v) is 26.1. The number of primary amides is 1. The van der Waals surface area contributed by atoms with Crippen LogP contribution in [0.3, 0.4) is 0 Å². The molecule has 7 N–H and O–H groups in total. The fraction of sp³-hybridized carbons (Fsp3) is 0.0556. The molecule has 0 fully saturated rings. The van der Waals surface area contributed by atoms with Gasteiger partial charge in [0.15, 0.2) is 23.0 Å². The standard InChI is InChI=1S/C26H19N3O4.C25H18N2O3.C25H17NO4.C25H18O4.C25H18O3/c1-15-14-20(30)33-24-18(15)12-13-19-22(24)21(16-8-4-2-5-9-16)25(32-19)23(28-29-26(27)31)17-10-6-3-7-11-17;1-15-14-20(28)30-24-18(15)12-13-19-22(24)21(16-8-4-2-5-9-16)25(29-19)23(27-26)17-10-6-3-7-11-17;1-15-14-20(27)30-24-18(15)12-13-19-22(24)21(16-8-4-2-5-9-16)25(29-19)23(26-28)17-10-6-3-7-11-17;1-15-14-20(26)29-24-18(15)12-13-19-22(24)21(16-8-4-2-5-9-16)25(28-19)23(27)17-10-6-3-7-11-17;1-16-14-22(26)28-25-19(16)12-13-20-24(25)23(18-10-6-3-7-11-18)21(27-20)15-17-8-4-2-5-9-17/h2-14H,1H3,(H3,27,29,31);2-14H,26H2,1H3;2-14,28H,1H3;2-14,23,27H,1H3;2-14H,15H2,1H3/b28-23+;27-23+;26-23+;;. The van der Waals surface area contributed by atoms with Crippen LogP contribution >= 0.6 is 0 Å². The highest BCUT2D eigenvalue weighted by atomic mass is 16.4. The molecule has 732 valence electrons. The number of carbonyl (C=O) groups is 1. The number of urea groups is 1. The fourth-order valence-electron chi connectivity index (χ4n) is 19.3. The van der Waals surface area contributed by atoms with Crippen LogP contribution in [0.4, 0.5) is 4.79 Å². The first-order valence-corrected chi connectivity index (χ1v) is 48.0. The lowest BCUT2D eigenvalue weighted by Gasteiger charge is -2.11. The van der Waals surface area contributed by atoms with Crippen molar-refractivity contribution in [3.63, 3.8) is 0 Å². The molecule has 1 unspecified atom stereocenters. The van der Waals surface area contributed by atoms with Gasteiger partial charge in [-0.2, -0.15) is 10.2 Å². The van der Waals surface area contributed by atoms with E-state index < -0.39 is 34.6 Å². The maximum Gasteiger partial charge on any atom is 0.336 e. The van der Waals surface area contributed by atoms with E-state index in [-0.39, 0.29) is 5.63 Å². The Morgan fingerprint density at radius 1 is 0.300 bits per heavy atom. The second-order valence-electron chi connectivity index (χ2n) is 35.7. The molecule has 24 heteroatoms. The van der Waals surface area contributed by atoms with Crippen LogP contribution in [0.1, 0.15) is 90.5 Å². The van der Waals surface area contributed by atoms with Crippen LogP contribution in [0.5, 0.6) is 0 Å². The summed E-state index contributed by atoms with van der Waals surface area (Å²) in [5, 5.41) is 40.8. The molecule has 0 aliphatic heterocycles. The highest BCUT2D eigenvalue weighted by Crippen LogP contribution is 2.49. The predicted octanol–water partition coefficient (Wildman–Crippen LogP) is 27.6. The number of furan rings is 5. The first kappa shape index (κ1) is 96.0. The lowest BCUT2D eigenvalue weighted by Crippen LogP contribution is -2.26. The van der Waals surface area contributed by atoms with Crippen molar-refractivity contribution in [3.8, 4) is 55.6 Å². The van der Waals surface area contributed by atoms with Crippen molar-refractivity contribution < 1.29 is 59.3 Å². The van der Waals surface area contributed by atoms with Gasteiger partial charge in [0, 0.05) is 108 Å². The van der Waals surface area contributed by atoms with Crippen molar-refractivity contribution in [3.05, 3.63) is 531 Å². The third-order valence-electron chi connectivity index (χ3n) is 26.1. The molecule has 10 heterocycles. The van der Waals surface area contributed by atoms with Gasteiger partial charge in [0.1, 0.15) is 84.9 Å². The summed E-state index contributed by atoms with van der Waals surface area (Å²) in [7, 11) is 0. The maximum atomic E-state index is 12.3. The van der Waals surface area contributed by atoms with Crippen LogP contribution in [0.2, 0.25) is 0 Å². The fourth-order valence-corrected chi connectivity index (χ4v) is 19.3. The Kier molecular flexibility index (Phi) is 26.7. The molecular weight excluding hydrogens is 1890 g/mol. The zero-order chi connectivity index (χ0) is 103. The second kappa shape index (κ2) is 41.7. The van der Waals surface area contributed by atoms with Crippen LogP contribution in [0.25, 0.3) is 165 Å². The number of hydrogen-bond acceptors (Lipinski definition) is 22. The number of fused-ring (bicyclic) bond motifs is 15. The number of aliphatic hydroxyl groups excluding tert-OH is 1. The number of aliphatic hydroxyl groups is 1. The highest BCUT2D eigenvalue weighted by molar-refractivity contribution is 6.25. The van der Waals surface area contributed by atoms with Crippen molar-refractivity contribution in [1.82, 2.24) is 5.43 Å². The van der Waals surface area contributed by atoms with E-state index in [4.69, 9.17) is 55.7 Å². The highest BCUT2D eigenvalue weighted by Gasteiger charge is 2.32. The second-order valence-corrected chi connectivity index (χ2v) is 35.7. The van der Waals surface area contributed by atoms with Gasteiger partial charge in [0.2, 0.25) is 0 Å². The van der Waals surface area contributed by atoms with E-state index in [1.165, 1.54) is 35.9 Å². The Labute approximate surface area is 852 Å². The molecule has 0 saturated heterocycles. The van der Waals surface area contributed by atoms with Gasteiger partial charge in [-0.25, -0.2) is 34.2 Å². The van der Waals surface area contributed by atoms with Crippen LogP contribution in [0, 0.1) is 34.6 Å². The minimum Gasteiger partial charge on any atom is -0.460 e. The van der Waals surface area contributed by atoms with Gasteiger partial charge in [0.05, 0.1) is 26.9 Å². The summed E-state index contributed by atoms with van der Waals surface area (Å²) in [6.45, 7) is 9.44. The Bertz CT molecular complexity index is 9640. The van der Waals surface area contributed by atoms with E-state index in [1.807, 2.05) is 374 Å². The van der Waals surface area contributed by atoms with Gasteiger partial charge < -0.3 is 66.1 Å². The molecule has 25 aromatic rings. The van der Waals surface area contributed by atoms with Gasteiger partial charge in [-0.15, -0.1) is 0 Å². The van der Waals surface area contributed by atoms with Crippen LogP contribution < -0.4 is 45.1 Å². The number of oxime groups is 1. The molecule has 2 amide bonds. The molecular formula is C126H90N6O18. The van der Waals surface area contributed by atoms with Gasteiger partial charge in [-0.3, -0.25) is 0 Å². The molecule has 10 aromatic heterocycles. The lowest BCUT2D eigenvalue weighted by atomic mass is 9.96. The summed E-state index contributed by atoms with van der Waals surface area (Å²) in [5.74, 6) is 8.45. The van der Waals surface area contributed by atoms with Crippen molar-refractivity contribution in [2.75, 3.05) is 0 Å². The van der Waals surface area contributed by atoms with Gasteiger partial charge in [0.25, 0.3) is 0 Å². The molecule has 0 radical (unpaired) electrons. The Morgan fingerprint density at radius 2 is 0.560 bits per heavy atom. The Morgan fingerprint density at radius 3 is 0.887 bits per heavy atom. The normalized spacial score (nSPS) is 11.9. The molecule has 0 aliphatic carbocycles. The summed E-state index contributed by atoms with van der Waals surface area (Å²) in [5.41, 5.74) is 29.0. The molecule has 15 aromatic carbocycles. The van der Waals surface area contributed by atoms with Gasteiger partial charge >= 0.3 is 34.2 Å². The molecule has 25 rings (SSSR count). The third kappa shape index (κ3) is 18.9. The molecule has 0 aliphatic rings. The number of nitrogens with one attached hydrogen (secondary N) is 1. The van der Waals surface area contributed by atoms with Crippen molar-refractivity contribution in [2.24, 2.45) is 26.9 Å². The van der Waals surface area contributed by atoms with Gasteiger partial charge in [-0.05, 0) is 162 Å². The zero-order valence-electron chi connectivity index (χ0n) is 81.2. The minimum absolute atomic E-state index is 0.300. The quantitative estimate of drug-likeness (QED) is 0.0197. The first-order chi connectivity index (χ1) is 73.2. The van der Waals surface area contributed by atoms with Crippen molar-refractivity contribution >= 4 is 133 Å². The molecule has 1 atom stereocenters. The number of hydrogen-bond donors (Lipinski definition) is 5. The molecule has 0 spiro atoms. The number of amides is 2. The van der Waals surface area contributed by atoms with Crippen LogP contribution in [0.15, 0.2) is 478 Å². The van der Waals surface area contributed by atoms with E-state index in [9.17, 15) is 39.1 Å². The van der Waals surface area contributed by atoms with Crippen molar-refractivity contribution in [1.29, 1.82) is 0 Å². The van der Waals surface area contributed by atoms with E-state index in [0.717, 1.165) is 132 Å². The molecule has 0 saturated carbocycles. The summed E-state index contributed by atoms with van der Waals surface area (Å²) < 4.78 is 59.5. The first-order valence-electron chi connectivity index (χ1n) is 48.0. The van der Waals surface area contributed by atoms with E-state index in [2.05, 4.69) is 45.0 Å². The summed E-state index contributed by atoms with van der Waals surface area (Å²) in [4.78, 5) is 72.3. The summed E-state index contributed by atoms with van der Waals surface area (Å²) in [6, 6.07) is 122. The van der Waals surface area contributed by atoms with Gasteiger partial charge in [-0.1, -0.05) is 308 Å². The summed E-state index contributed by atoms with van der Waals surface area (Å²) >= 11 is 0. The summed E-state index contributed by atoms with van der Waals surface area (Å²) in [6.07, 6.45) is -0.289. The van der Waals surface area contributed by atoms with E-state index in [1.54, 1.807) is 0 Å². The lowest BCUT2D eigenvalue weighted by molar-refractivity contribution is 0.193. The van der Waals surface area contributed by atoms with Crippen LogP contribution in [-0.4, -0.2) is 33.5 Å². The zero-order valence-corrected chi connectivity index (χ0v) is 81.2. The number of aryl methyl sites for hydroxylation is 5. The number of nitrogens with zero attached hydrogens (tertiary/aromatic N) is 3. The number of carbonyl (C=O) groups excluding carboxylic acids is 1. The van der Waals surface area contributed by atoms with Crippen molar-refractivity contribution in [2.45, 2.75) is 47.1 Å². The van der Waals surface area contributed by atoms with E-state index in [0.29, 0.717) is 135 Å². The Hall–Kier alpha value is -20.1. The van der Waals surface area contributed by atoms with E-state index >= 15 is 0 Å². The number of nitrogens with two attached hydrogens (primary N) is 2. The number of hydrazone groups is 2. The Balaban J connectivity index is 0.000000110. The average molecular weight is 1980 g/mol. The SMILES string of the molecule is Cc1cc(=O)oc2c1ccc1oc(/C(=N/N)c3ccccc3)c(-c3ccccc3)c12.Cc1cc(=O)oc2c1ccc1oc(/C(=N/NC(N)=O)c3ccccc3)c(-c3ccccc3)c12.Cc1cc(=O)oc2c1ccc1oc(/C(=N/O)c3ccccc3)c(-c3ccccc3)c12.Cc1cc(=O)oc2c1ccc1oc(C(O)c3ccccc3)c(-c3ccccc3)c12.Cc1cc(=O)oc2c1ccc1oc(Cc3ccccc3)c(-c3ccccc3)c12. The molecule has 150 heavy (non-hydrogen) atoms.